The summed E-state index contributed by atoms with van der Waals surface area (Å²) in [6, 6.07) is 3.94. The summed E-state index contributed by atoms with van der Waals surface area (Å²) in [4.78, 5) is 4.09. The van der Waals surface area contributed by atoms with Gasteiger partial charge in [0.1, 0.15) is 0 Å². The molecule has 0 aromatic carbocycles. The fraction of sp³-hybridized carbons (Fsp3) is 0.500. The van der Waals surface area contributed by atoms with Crippen LogP contribution in [0.1, 0.15) is 39.2 Å². The molecule has 0 bridgehead atoms. The largest absolute Gasteiger partial charge is 0.391 e. The van der Waals surface area contributed by atoms with Crippen molar-refractivity contribution in [3.8, 4) is 0 Å². The minimum absolute atomic E-state index is 0.566. The van der Waals surface area contributed by atoms with Gasteiger partial charge in [-0.1, -0.05) is 29.4 Å². The number of hydrogen-bond acceptors (Lipinski definition) is 3. The SMILES string of the molecule is CC(C)=CCC/C(C)=C/CO[Si](C)(C)OCc1cccnc1. The van der Waals surface area contributed by atoms with Gasteiger partial charge >= 0.3 is 8.56 Å². The average Bonchev–Trinajstić information content (AvgIpc) is 2.46. The molecule has 0 spiro atoms. The molecular weight excluding hydrogens is 290 g/mol. The van der Waals surface area contributed by atoms with Crippen LogP contribution in [0.5, 0.6) is 0 Å². The number of aromatic nitrogens is 1. The van der Waals surface area contributed by atoms with E-state index in [4.69, 9.17) is 8.85 Å². The molecule has 0 fully saturated rings. The minimum atomic E-state index is -2.09. The molecule has 122 valence electrons. The summed E-state index contributed by atoms with van der Waals surface area (Å²) in [5.41, 5.74) is 3.83. The third-order valence-electron chi connectivity index (χ3n) is 3.26. The molecule has 0 amide bonds. The standard InChI is InChI=1S/C18H29NO2Si/c1-16(2)8-6-9-17(3)11-13-20-22(4,5)21-15-18-10-7-12-19-14-18/h7-8,10-12,14H,6,9,13,15H2,1-5H3/b17-11+. The van der Waals surface area contributed by atoms with Crippen molar-refractivity contribution < 1.29 is 8.85 Å². The van der Waals surface area contributed by atoms with Crippen molar-refractivity contribution in [1.82, 2.24) is 4.98 Å². The number of allylic oxidation sites excluding steroid dienone is 3. The first-order valence-corrected chi connectivity index (χ1v) is 10.7. The Kier molecular flexibility index (Phi) is 8.31. The molecule has 1 heterocycles. The van der Waals surface area contributed by atoms with E-state index < -0.39 is 8.56 Å². The van der Waals surface area contributed by atoms with Gasteiger partial charge in [-0.05, 0) is 58.3 Å². The van der Waals surface area contributed by atoms with Crippen LogP contribution in [-0.4, -0.2) is 20.2 Å². The van der Waals surface area contributed by atoms with E-state index in [1.165, 1.54) is 11.1 Å². The lowest BCUT2D eigenvalue weighted by molar-refractivity contribution is 0.186. The Morgan fingerprint density at radius 2 is 1.95 bits per heavy atom. The first kappa shape index (κ1) is 18.8. The van der Waals surface area contributed by atoms with Crippen LogP contribution in [0, 0.1) is 0 Å². The van der Waals surface area contributed by atoms with E-state index in [-0.39, 0.29) is 0 Å². The highest BCUT2D eigenvalue weighted by atomic mass is 28.4. The zero-order valence-corrected chi connectivity index (χ0v) is 15.6. The number of rotatable bonds is 9. The number of nitrogens with zero attached hydrogens (tertiary/aromatic N) is 1. The van der Waals surface area contributed by atoms with Gasteiger partial charge in [-0.25, -0.2) is 0 Å². The first-order valence-electron chi connectivity index (χ1n) is 7.85. The molecule has 0 aliphatic heterocycles. The fourth-order valence-electron chi connectivity index (χ4n) is 1.86. The van der Waals surface area contributed by atoms with Crippen LogP contribution >= 0.6 is 0 Å². The predicted molar refractivity (Wildman–Crippen MR) is 94.9 cm³/mol. The molecule has 22 heavy (non-hydrogen) atoms. The van der Waals surface area contributed by atoms with E-state index >= 15 is 0 Å². The maximum atomic E-state index is 5.95. The van der Waals surface area contributed by atoms with Crippen molar-refractivity contribution in [3.05, 3.63) is 53.4 Å². The molecule has 0 aliphatic rings. The molecule has 0 atom stereocenters. The molecular formula is C18H29NO2Si. The Bertz CT molecular complexity index is 491. The molecule has 4 heteroatoms. The van der Waals surface area contributed by atoms with Crippen molar-refractivity contribution in [2.24, 2.45) is 0 Å². The Hall–Kier alpha value is -1.23. The molecule has 1 rings (SSSR count). The Morgan fingerprint density at radius 3 is 2.59 bits per heavy atom. The van der Waals surface area contributed by atoms with E-state index in [1.54, 1.807) is 6.20 Å². The summed E-state index contributed by atoms with van der Waals surface area (Å²) >= 11 is 0. The van der Waals surface area contributed by atoms with Gasteiger partial charge in [0, 0.05) is 12.4 Å². The van der Waals surface area contributed by atoms with Crippen LogP contribution in [0.25, 0.3) is 0 Å². The van der Waals surface area contributed by atoms with Crippen molar-refractivity contribution in [1.29, 1.82) is 0 Å². The lowest BCUT2D eigenvalue weighted by atomic mass is 10.1. The van der Waals surface area contributed by atoms with Crippen LogP contribution < -0.4 is 0 Å². The lowest BCUT2D eigenvalue weighted by Crippen LogP contribution is -2.34. The second kappa shape index (κ2) is 9.72. The van der Waals surface area contributed by atoms with Gasteiger partial charge < -0.3 is 8.85 Å². The van der Waals surface area contributed by atoms with E-state index in [1.807, 2.05) is 18.3 Å². The van der Waals surface area contributed by atoms with Gasteiger partial charge in [0.15, 0.2) is 0 Å². The van der Waals surface area contributed by atoms with Crippen LogP contribution in [0.15, 0.2) is 47.8 Å². The number of pyridine rings is 1. The molecule has 0 aliphatic carbocycles. The van der Waals surface area contributed by atoms with E-state index in [0.29, 0.717) is 13.2 Å². The Labute approximate surface area is 136 Å². The summed E-state index contributed by atoms with van der Waals surface area (Å²) < 4.78 is 11.9. The van der Waals surface area contributed by atoms with Crippen molar-refractivity contribution in [2.75, 3.05) is 6.61 Å². The van der Waals surface area contributed by atoms with Gasteiger partial charge in [-0.15, -0.1) is 0 Å². The summed E-state index contributed by atoms with van der Waals surface area (Å²) in [6.45, 7) is 11.8. The van der Waals surface area contributed by atoms with E-state index in [0.717, 1.165) is 18.4 Å². The number of hydrogen-bond donors (Lipinski definition) is 0. The van der Waals surface area contributed by atoms with E-state index in [2.05, 4.69) is 51.0 Å². The Balaban J connectivity index is 2.30. The second-order valence-corrected chi connectivity index (χ2v) is 9.61. The maximum Gasteiger partial charge on any atom is 0.332 e. The fourth-order valence-corrected chi connectivity index (χ4v) is 2.94. The van der Waals surface area contributed by atoms with Crippen LogP contribution in [0.3, 0.4) is 0 Å². The third-order valence-corrected chi connectivity index (χ3v) is 4.96. The zero-order valence-electron chi connectivity index (χ0n) is 14.6. The Morgan fingerprint density at radius 1 is 1.18 bits per heavy atom. The van der Waals surface area contributed by atoms with Crippen molar-refractivity contribution in [3.63, 3.8) is 0 Å². The van der Waals surface area contributed by atoms with Gasteiger partial charge in [-0.3, -0.25) is 4.98 Å². The predicted octanol–water partition coefficient (Wildman–Crippen LogP) is 5.01. The van der Waals surface area contributed by atoms with Gasteiger partial charge in [0.2, 0.25) is 0 Å². The van der Waals surface area contributed by atoms with Crippen LogP contribution in [0.4, 0.5) is 0 Å². The van der Waals surface area contributed by atoms with Gasteiger partial charge in [0.25, 0.3) is 0 Å². The average molecular weight is 320 g/mol. The highest BCUT2D eigenvalue weighted by Crippen LogP contribution is 2.12. The highest BCUT2D eigenvalue weighted by Gasteiger charge is 2.24. The second-order valence-electron chi connectivity index (χ2n) is 6.23. The van der Waals surface area contributed by atoms with Crippen LogP contribution in [0.2, 0.25) is 13.1 Å². The molecule has 0 unspecified atom stereocenters. The monoisotopic (exact) mass is 319 g/mol. The smallest absolute Gasteiger partial charge is 0.332 e. The summed E-state index contributed by atoms with van der Waals surface area (Å²) in [5.74, 6) is 0. The van der Waals surface area contributed by atoms with E-state index in [9.17, 15) is 0 Å². The van der Waals surface area contributed by atoms with Crippen molar-refractivity contribution >= 4 is 8.56 Å². The maximum absolute atomic E-state index is 5.95. The summed E-state index contributed by atoms with van der Waals surface area (Å²) in [7, 11) is -2.09. The first-order chi connectivity index (χ1) is 10.4. The molecule has 1 aromatic rings. The third kappa shape index (κ3) is 8.92. The van der Waals surface area contributed by atoms with Gasteiger partial charge in [-0.2, -0.15) is 0 Å². The van der Waals surface area contributed by atoms with Crippen LogP contribution in [-0.2, 0) is 15.5 Å². The summed E-state index contributed by atoms with van der Waals surface area (Å²) in [6.07, 6.45) is 10.2. The zero-order chi connectivity index (χ0) is 16.4. The van der Waals surface area contributed by atoms with Gasteiger partial charge in [0.05, 0.1) is 13.2 Å². The molecule has 0 saturated carbocycles. The van der Waals surface area contributed by atoms with Crippen molar-refractivity contribution in [2.45, 2.75) is 53.3 Å². The topological polar surface area (TPSA) is 31.4 Å². The molecule has 0 saturated heterocycles. The highest BCUT2D eigenvalue weighted by molar-refractivity contribution is 6.64. The summed E-state index contributed by atoms with van der Waals surface area (Å²) in [5, 5.41) is 0. The molecule has 1 aromatic heterocycles. The minimum Gasteiger partial charge on any atom is -0.391 e. The molecule has 0 radical (unpaired) electrons. The lowest BCUT2D eigenvalue weighted by Gasteiger charge is -2.22. The molecule has 3 nitrogen and oxygen atoms in total. The molecule has 0 N–H and O–H groups in total. The normalized spacial score (nSPS) is 12.3. The quantitative estimate of drug-likeness (QED) is 0.473.